The molecule has 0 bridgehead atoms. The van der Waals surface area contributed by atoms with E-state index in [9.17, 15) is 14.3 Å². The molecule has 2 N–H and O–H groups in total. The van der Waals surface area contributed by atoms with Gasteiger partial charge in [-0.2, -0.15) is 0 Å². The van der Waals surface area contributed by atoms with Crippen LogP contribution >= 0.6 is 0 Å². The number of amides is 1. The third-order valence-electron chi connectivity index (χ3n) is 4.11. The number of carbonyl (C=O) groups is 1. The highest BCUT2D eigenvalue weighted by Gasteiger charge is 2.32. The Morgan fingerprint density at radius 3 is 2.78 bits per heavy atom. The van der Waals surface area contributed by atoms with Gasteiger partial charge in [0.05, 0.1) is 12.0 Å². The average Bonchev–Trinajstić information content (AvgIpc) is 2.58. The first kappa shape index (κ1) is 15.5. The number of nitrogens with one attached hydrogen (secondary N) is 1. The van der Waals surface area contributed by atoms with Gasteiger partial charge in [-0.15, -0.1) is 0 Å². The maximum atomic E-state index is 13.4. The van der Waals surface area contributed by atoms with E-state index in [1.807, 2.05) is 30.3 Å². The van der Waals surface area contributed by atoms with Gasteiger partial charge < -0.3 is 15.2 Å². The Hall–Kier alpha value is -2.40. The number of halogens is 1. The molecule has 0 aromatic heterocycles. The third-order valence-corrected chi connectivity index (χ3v) is 4.11. The molecule has 2 aromatic rings. The molecule has 2 aromatic carbocycles. The summed E-state index contributed by atoms with van der Waals surface area (Å²) in [5, 5.41) is 13.2. The number of carbonyl (C=O) groups excluding carboxylic acids is 1. The van der Waals surface area contributed by atoms with Crippen molar-refractivity contribution in [3.8, 4) is 5.75 Å². The zero-order valence-corrected chi connectivity index (χ0v) is 12.7. The van der Waals surface area contributed by atoms with Crippen LogP contribution < -0.4 is 10.1 Å². The number of benzene rings is 2. The Morgan fingerprint density at radius 2 is 2.04 bits per heavy atom. The SMILES string of the molecule is C[C@H](C(=O)NC1COc2ccc(F)cc2C1O)c1ccccc1. The summed E-state index contributed by atoms with van der Waals surface area (Å²) < 4.78 is 18.9. The van der Waals surface area contributed by atoms with Crippen LogP contribution in [0.4, 0.5) is 4.39 Å². The molecule has 0 fully saturated rings. The molecular weight excluding hydrogens is 297 g/mol. The fraction of sp³-hybridized carbons (Fsp3) is 0.278. The van der Waals surface area contributed by atoms with Gasteiger partial charge in [-0.1, -0.05) is 30.3 Å². The topological polar surface area (TPSA) is 58.6 Å². The van der Waals surface area contributed by atoms with Gasteiger partial charge >= 0.3 is 0 Å². The van der Waals surface area contributed by atoms with Crippen molar-refractivity contribution in [1.29, 1.82) is 0 Å². The third kappa shape index (κ3) is 3.19. The zero-order chi connectivity index (χ0) is 16.4. The largest absolute Gasteiger partial charge is 0.491 e. The Morgan fingerprint density at radius 1 is 1.30 bits per heavy atom. The molecule has 0 saturated heterocycles. The van der Waals surface area contributed by atoms with Crippen LogP contribution in [-0.4, -0.2) is 23.7 Å². The summed E-state index contributed by atoms with van der Waals surface area (Å²) in [6.45, 7) is 1.95. The second-order valence-corrected chi connectivity index (χ2v) is 5.69. The molecule has 120 valence electrons. The predicted octanol–water partition coefficient (Wildman–Crippen LogP) is 2.54. The number of aliphatic hydroxyl groups is 1. The van der Waals surface area contributed by atoms with E-state index in [2.05, 4.69) is 5.32 Å². The fourth-order valence-corrected chi connectivity index (χ4v) is 2.69. The maximum absolute atomic E-state index is 13.4. The molecule has 2 unspecified atom stereocenters. The summed E-state index contributed by atoms with van der Waals surface area (Å²) in [5.41, 5.74) is 1.25. The lowest BCUT2D eigenvalue weighted by Gasteiger charge is -2.31. The lowest BCUT2D eigenvalue weighted by molar-refractivity contribution is -0.124. The Bertz CT molecular complexity index is 705. The molecule has 23 heavy (non-hydrogen) atoms. The van der Waals surface area contributed by atoms with Crippen LogP contribution in [0.1, 0.15) is 30.1 Å². The van der Waals surface area contributed by atoms with Crippen LogP contribution in [0, 0.1) is 5.82 Å². The van der Waals surface area contributed by atoms with Crippen LogP contribution in [0.15, 0.2) is 48.5 Å². The van der Waals surface area contributed by atoms with Gasteiger partial charge in [0, 0.05) is 5.56 Å². The highest BCUT2D eigenvalue weighted by atomic mass is 19.1. The molecule has 0 radical (unpaired) electrons. The molecule has 0 saturated carbocycles. The van der Waals surface area contributed by atoms with Crippen LogP contribution in [0.2, 0.25) is 0 Å². The van der Waals surface area contributed by atoms with Crippen LogP contribution in [0.3, 0.4) is 0 Å². The van der Waals surface area contributed by atoms with Gasteiger partial charge in [-0.3, -0.25) is 4.79 Å². The van der Waals surface area contributed by atoms with Crippen LogP contribution in [-0.2, 0) is 4.79 Å². The van der Waals surface area contributed by atoms with Gasteiger partial charge in [0.1, 0.15) is 24.3 Å². The molecule has 1 amide bonds. The van der Waals surface area contributed by atoms with Gasteiger partial charge in [0.2, 0.25) is 5.91 Å². The summed E-state index contributed by atoms with van der Waals surface area (Å²) in [7, 11) is 0. The number of rotatable bonds is 3. The second-order valence-electron chi connectivity index (χ2n) is 5.69. The Labute approximate surface area is 133 Å². The fourth-order valence-electron chi connectivity index (χ4n) is 2.69. The van der Waals surface area contributed by atoms with E-state index >= 15 is 0 Å². The molecule has 1 aliphatic heterocycles. The minimum atomic E-state index is -0.999. The van der Waals surface area contributed by atoms with Crippen molar-refractivity contribution in [1.82, 2.24) is 5.32 Å². The number of hydrogen-bond acceptors (Lipinski definition) is 3. The molecular formula is C18H18FNO3. The highest BCUT2D eigenvalue weighted by Crippen LogP contribution is 2.32. The number of aliphatic hydroxyl groups excluding tert-OH is 1. The highest BCUT2D eigenvalue weighted by molar-refractivity contribution is 5.83. The van der Waals surface area contributed by atoms with Gasteiger partial charge in [0.25, 0.3) is 0 Å². The van der Waals surface area contributed by atoms with Crippen molar-refractivity contribution in [2.24, 2.45) is 0 Å². The van der Waals surface area contributed by atoms with Gasteiger partial charge in [-0.25, -0.2) is 4.39 Å². The van der Waals surface area contributed by atoms with Crippen molar-refractivity contribution in [2.75, 3.05) is 6.61 Å². The molecule has 5 heteroatoms. The molecule has 1 aliphatic rings. The standard InChI is InChI=1S/C18H18FNO3/c1-11(12-5-3-2-4-6-12)18(22)20-15-10-23-16-8-7-13(19)9-14(16)17(15)21/h2-9,11,15,17,21H,10H2,1H3,(H,20,22)/t11-,15?,17?/m0/s1. The quantitative estimate of drug-likeness (QED) is 0.915. The van der Waals surface area contributed by atoms with Crippen LogP contribution in [0.25, 0.3) is 0 Å². The number of hydrogen-bond donors (Lipinski definition) is 2. The second kappa shape index (κ2) is 6.38. The van der Waals surface area contributed by atoms with E-state index in [-0.39, 0.29) is 18.4 Å². The Balaban J connectivity index is 1.72. The smallest absolute Gasteiger partial charge is 0.227 e. The molecule has 4 nitrogen and oxygen atoms in total. The molecule has 0 spiro atoms. The maximum Gasteiger partial charge on any atom is 0.227 e. The summed E-state index contributed by atoms with van der Waals surface area (Å²) >= 11 is 0. The molecule has 0 aliphatic carbocycles. The molecule has 1 heterocycles. The first-order valence-corrected chi connectivity index (χ1v) is 7.52. The van der Waals surface area contributed by atoms with Crippen molar-refractivity contribution >= 4 is 5.91 Å². The summed E-state index contributed by atoms with van der Waals surface area (Å²) in [5.74, 6) is -0.558. The van der Waals surface area contributed by atoms with Crippen molar-refractivity contribution in [3.63, 3.8) is 0 Å². The van der Waals surface area contributed by atoms with E-state index in [0.717, 1.165) is 5.56 Å². The normalized spacial score (nSPS) is 21.0. The van der Waals surface area contributed by atoms with E-state index < -0.39 is 18.0 Å². The van der Waals surface area contributed by atoms with E-state index in [1.54, 1.807) is 6.92 Å². The van der Waals surface area contributed by atoms with Crippen LogP contribution in [0.5, 0.6) is 5.75 Å². The average molecular weight is 315 g/mol. The monoisotopic (exact) mass is 315 g/mol. The van der Waals surface area contributed by atoms with E-state index in [1.165, 1.54) is 18.2 Å². The van der Waals surface area contributed by atoms with E-state index in [0.29, 0.717) is 11.3 Å². The van der Waals surface area contributed by atoms with Crippen molar-refractivity contribution < 1.29 is 19.0 Å². The minimum absolute atomic E-state index is 0.146. The lowest BCUT2D eigenvalue weighted by Crippen LogP contribution is -2.46. The lowest BCUT2D eigenvalue weighted by atomic mass is 9.96. The first-order valence-electron chi connectivity index (χ1n) is 7.52. The molecule has 3 atom stereocenters. The van der Waals surface area contributed by atoms with Gasteiger partial charge in [-0.05, 0) is 30.7 Å². The van der Waals surface area contributed by atoms with Crippen molar-refractivity contribution in [2.45, 2.75) is 25.0 Å². The summed E-state index contributed by atoms with van der Waals surface area (Å²) in [6, 6.07) is 12.8. The summed E-state index contributed by atoms with van der Waals surface area (Å²) in [6.07, 6.45) is -0.999. The molecule has 3 rings (SSSR count). The minimum Gasteiger partial charge on any atom is -0.491 e. The van der Waals surface area contributed by atoms with Gasteiger partial charge in [0.15, 0.2) is 0 Å². The number of fused-ring (bicyclic) bond motifs is 1. The predicted molar refractivity (Wildman–Crippen MR) is 83.6 cm³/mol. The Kier molecular flexibility index (Phi) is 4.30. The zero-order valence-electron chi connectivity index (χ0n) is 12.7. The first-order chi connectivity index (χ1) is 11.1. The van der Waals surface area contributed by atoms with Crippen molar-refractivity contribution in [3.05, 3.63) is 65.5 Å². The summed E-state index contributed by atoms with van der Waals surface area (Å²) in [4.78, 5) is 12.4. The number of ether oxygens (including phenoxy) is 1. The van der Waals surface area contributed by atoms with E-state index in [4.69, 9.17) is 4.74 Å².